The predicted octanol–water partition coefficient (Wildman–Crippen LogP) is 4.91. The van der Waals surface area contributed by atoms with Crippen LogP contribution in [0.1, 0.15) is 38.8 Å². The van der Waals surface area contributed by atoms with Crippen LogP contribution >= 0.6 is 0 Å². The summed E-state index contributed by atoms with van der Waals surface area (Å²) in [6.07, 6.45) is 8.05. The topological polar surface area (TPSA) is 17.8 Å². The van der Waals surface area contributed by atoms with E-state index in [0.29, 0.717) is 5.92 Å². The molecule has 0 N–H and O–H groups in total. The first-order valence-corrected chi connectivity index (χ1v) is 8.10. The van der Waals surface area contributed by atoms with Gasteiger partial charge in [-0.25, -0.2) is 9.37 Å². The van der Waals surface area contributed by atoms with Crippen molar-refractivity contribution in [2.45, 2.75) is 39.7 Å². The molecule has 0 unspecified atom stereocenters. The van der Waals surface area contributed by atoms with E-state index in [2.05, 4.69) is 29.5 Å². The van der Waals surface area contributed by atoms with Crippen LogP contribution in [0, 0.1) is 17.2 Å². The van der Waals surface area contributed by atoms with E-state index in [0.717, 1.165) is 17.8 Å². The first-order valence-electron chi connectivity index (χ1n) is 8.10. The van der Waals surface area contributed by atoms with Crippen LogP contribution in [0.25, 0.3) is 17.3 Å². The number of imidazole rings is 1. The molecule has 1 aliphatic carbocycles. The number of rotatable bonds is 1. The van der Waals surface area contributed by atoms with Crippen LogP contribution in [-0.2, 0) is 6.54 Å². The third kappa shape index (κ3) is 1.95. The molecule has 3 heteroatoms. The maximum Gasteiger partial charge on any atom is 0.123 e. The van der Waals surface area contributed by atoms with Crippen molar-refractivity contribution in [1.82, 2.24) is 9.55 Å². The zero-order chi connectivity index (χ0) is 15.3. The Balaban J connectivity index is 1.81. The van der Waals surface area contributed by atoms with Crippen LogP contribution < -0.4 is 0 Å². The van der Waals surface area contributed by atoms with Gasteiger partial charge in [-0.15, -0.1) is 0 Å². The molecule has 0 bridgehead atoms. The van der Waals surface area contributed by atoms with Crippen LogP contribution in [-0.4, -0.2) is 9.55 Å². The molecule has 1 aromatic carbocycles. The molecular formula is C19H21FN2. The second kappa shape index (κ2) is 4.80. The number of nitrogens with zero attached hydrogens (tertiary/aromatic N) is 2. The summed E-state index contributed by atoms with van der Waals surface area (Å²) in [5.41, 5.74) is 4.94. The zero-order valence-electron chi connectivity index (χ0n) is 13.1. The third-order valence-corrected chi connectivity index (χ3v) is 5.71. The van der Waals surface area contributed by atoms with Gasteiger partial charge in [-0.1, -0.05) is 19.4 Å². The van der Waals surface area contributed by atoms with Gasteiger partial charge in [0.15, 0.2) is 0 Å². The number of halogens is 1. The molecule has 0 amide bonds. The van der Waals surface area contributed by atoms with E-state index in [1.807, 2.05) is 18.5 Å². The van der Waals surface area contributed by atoms with Crippen molar-refractivity contribution in [3.63, 3.8) is 0 Å². The lowest BCUT2D eigenvalue weighted by Gasteiger charge is -2.45. The standard InChI is InChI=1S/C19H21FN2/c1-13-4-3-5-15-10-17-18(14-6-8-16(20)9-7-14)21-12-22(17)11-19(13,15)2/h6-10,12-13H,3-5,11H2,1-2H3/t13-,19+/m0/s1. The summed E-state index contributed by atoms with van der Waals surface area (Å²) >= 11 is 0. The number of hydrogen-bond donors (Lipinski definition) is 0. The van der Waals surface area contributed by atoms with Crippen molar-refractivity contribution in [3.8, 4) is 11.3 Å². The van der Waals surface area contributed by atoms with Gasteiger partial charge in [0.2, 0.25) is 0 Å². The van der Waals surface area contributed by atoms with Crippen molar-refractivity contribution in [2.24, 2.45) is 11.3 Å². The number of fused-ring (bicyclic) bond motifs is 2. The Labute approximate surface area is 130 Å². The first kappa shape index (κ1) is 13.7. The van der Waals surface area contributed by atoms with Gasteiger partial charge in [0.05, 0.1) is 17.7 Å². The van der Waals surface area contributed by atoms with Crippen molar-refractivity contribution < 1.29 is 4.39 Å². The van der Waals surface area contributed by atoms with E-state index in [1.165, 1.54) is 37.1 Å². The fourth-order valence-electron chi connectivity index (χ4n) is 4.03. The molecule has 114 valence electrons. The summed E-state index contributed by atoms with van der Waals surface area (Å²) in [4.78, 5) is 4.61. The Morgan fingerprint density at radius 3 is 2.82 bits per heavy atom. The first-order chi connectivity index (χ1) is 10.6. The average Bonchev–Trinajstić information content (AvgIpc) is 2.89. The van der Waals surface area contributed by atoms with Gasteiger partial charge in [0.1, 0.15) is 5.82 Å². The highest BCUT2D eigenvalue weighted by Crippen LogP contribution is 2.49. The van der Waals surface area contributed by atoms with Gasteiger partial charge in [-0.05, 0) is 55.5 Å². The largest absolute Gasteiger partial charge is 0.330 e. The maximum absolute atomic E-state index is 13.1. The van der Waals surface area contributed by atoms with Crippen LogP contribution in [0.2, 0.25) is 0 Å². The Kier molecular flexibility index (Phi) is 3.00. The molecule has 1 saturated carbocycles. The van der Waals surface area contributed by atoms with Gasteiger partial charge in [0, 0.05) is 17.5 Å². The lowest BCUT2D eigenvalue weighted by Crippen LogP contribution is -2.37. The number of benzene rings is 1. The molecule has 1 fully saturated rings. The summed E-state index contributed by atoms with van der Waals surface area (Å²) < 4.78 is 15.4. The minimum Gasteiger partial charge on any atom is -0.330 e. The molecule has 1 aromatic heterocycles. The fraction of sp³-hybridized carbons (Fsp3) is 0.421. The molecule has 0 spiro atoms. The molecule has 0 saturated heterocycles. The summed E-state index contributed by atoms with van der Waals surface area (Å²) in [5, 5.41) is 0. The Hall–Kier alpha value is -1.90. The summed E-state index contributed by atoms with van der Waals surface area (Å²) in [6, 6.07) is 6.64. The summed E-state index contributed by atoms with van der Waals surface area (Å²) in [5.74, 6) is 0.501. The van der Waals surface area contributed by atoms with Gasteiger partial charge < -0.3 is 4.57 Å². The quantitative estimate of drug-likeness (QED) is 0.731. The van der Waals surface area contributed by atoms with Crippen LogP contribution in [0.5, 0.6) is 0 Å². The Bertz CT molecular complexity index is 741. The van der Waals surface area contributed by atoms with Gasteiger partial charge in [-0.2, -0.15) is 0 Å². The van der Waals surface area contributed by atoms with Crippen molar-refractivity contribution in [1.29, 1.82) is 0 Å². The van der Waals surface area contributed by atoms with E-state index in [1.54, 1.807) is 5.57 Å². The summed E-state index contributed by atoms with van der Waals surface area (Å²) in [7, 11) is 0. The molecule has 0 radical (unpaired) electrons. The zero-order valence-corrected chi connectivity index (χ0v) is 13.1. The molecule has 2 aromatic rings. The van der Waals surface area contributed by atoms with Crippen LogP contribution in [0.3, 0.4) is 0 Å². The molecule has 2 atom stereocenters. The van der Waals surface area contributed by atoms with Gasteiger partial charge in [0.25, 0.3) is 0 Å². The highest BCUT2D eigenvalue weighted by molar-refractivity contribution is 5.72. The van der Waals surface area contributed by atoms with E-state index >= 15 is 0 Å². The maximum atomic E-state index is 13.1. The lowest BCUT2D eigenvalue weighted by molar-refractivity contribution is 0.168. The SMILES string of the molecule is C[C@H]1CCCC2=Cc3c(-c4ccc(F)cc4)ncn3C[C@@]21C. The van der Waals surface area contributed by atoms with Crippen LogP contribution in [0.4, 0.5) is 4.39 Å². The second-order valence-corrected chi connectivity index (χ2v) is 6.99. The highest BCUT2D eigenvalue weighted by atomic mass is 19.1. The molecule has 4 rings (SSSR count). The lowest BCUT2D eigenvalue weighted by atomic mass is 9.64. The predicted molar refractivity (Wildman–Crippen MR) is 86.7 cm³/mol. The average molecular weight is 296 g/mol. The number of hydrogen-bond acceptors (Lipinski definition) is 1. The third-order valence-electron chi connectivity index (χ3n) is 5.71. The number of allylic oxidation sites excluding steroid dienone is 1. The molecule has 2 nitrogen and oxygen atoms in total. The van der Waals surface area contributed by atoms with E-state index in [9.17, 15) is 4.39 Å². The van der Waals surface area contributed by atoms with E-state index in [-0.39, 0.29) is 11.2 Å². The summed E-state index contributed by atoms with van der Waals surface area (Å²) in [6.45, 7) is 5.77. The highest BCUT2D eigenvalue weighted by Gasteiger charge is 2.40. The van der Waals surface area contributed by atoms with Crippen molar-refractivity contribution in [3.05, 3.63) is 47.7 Å². The van der Waals surface area contributed by atoms with E-state index in [4.69, 9.17) is 0 Å². The monoisotopic (exact) mass is 296 g/mol. The van der Waals surface area contributed by atoms with Crippen molar-refractivity contribution in [2.75, 3.05) is 0 Å². The van der Waals surface area contributed by atoms with Crippen molar-refractivity contribution >= 4 is 6.08 Å². The molecule has 1 aliphatic heterocycles. The number of aromatic nitrogens is 2. The molecule has 22 heavy (non-hydrogen) atoms. The Morgan fingerprint density at radius 2 is 2.05 bits per heavy atom. The second-order valence-electron chi connectivity index (χ2n) is 6.99. The van der Waals surface area contributed by atoms with Gasteiger partial charge in [-0.3, -0.25) is 0 Å². The molecule has 2 aliphatic rings. The fourth-order valence-corrected chi connectivity index (χ4v) is 4.03. The minimum absolute atomic E-state index is 0.205. The van der Waals surface area contributed by atoms with Crippen LogP contribution in [0.15, 0.2) is 36.2 Å². The smallest absolute Gasteiger partial charge is 0.123 e. The van der Waals surface area contributed by atoms with Gasteiger partial charge >= 0.3 is 0 Å². The molecule has 2 heterocycles. The normalized spacial score (nSPS) is 27.0. The van der Waals surface area contributed by atoms with E-state index < -0.39 is 0 Å². The Morgan fingerprint density at radius 1 is 1.27 bits per heavy atom. The minimum atomic E-state index is -0.205. The molecular weight excluding hydrogens is 275 g/mol.